The lowest BCUT2D eigenvalue weighted by atomic mass is 10.1. The molecule has 3 amide bonds. The highest BCUT2D eigenvalue weighted by atomic mass is 16.2. The summed E-state index contributed by atoms with van der Waals surface area (Å²) in [7, 11) is 3.93. The van der Waals surface area contributed by atoms with Crippen molar-refractivity contribution in [3.8, 4) is 6.07 Å². The van der Waals surface area contributed by atoms with Crippen LogP contribution in [-0.4, -0.2) is 61.5 Å². The van der Waals surface area contributed by atoms with Gasteiger partial charge in [-0.3, -0.25) is 4.79 Å². The third-order valence-corrected chi connectivity index (χ3v) is 4.91. The Hall–Kier alpha value is -2.59. The molecule has 0 spiro atoms. The fraction of sp³-hybridized carbons (Fsp3) is 0.571. The Kier molecular flexibility index (Phi) is 8.76. The van der Waals surface area contributed by atoms with Crippen LogP contribution in [0.4, 0.5) is 4.79 Å². The zero-order valence-electron chi connectivity index (χ0n) is 16.9. The second-order valence-corrected chi connectivity index (χ2v) is 7.56. The highest BCUT2D eigenvalue weighted by Crippen LogP contribution is 2.17. The van der Waals surface area contributed by atoms with Crippen molar-refractivity contribution in [2.75, 3.05) is 33.7 Å². The van der Waals surface area contributed by atoms with E-state index in [1.807, 2.05) is 31.1 Å². The molecule has 7 nitrogen and oxygen atoms in total. The molecule has 1 fully saturated rings. The molecule has 0 radical (unpaired) electrons. The van der Waals surface area contributed by atoms with Crippen LogP contribution in [0.25, 0.3) is 0 Å². The number of likely N-dealkylation sites (N-methyl/N-ethyl adjacent to an activating group) is 1. The van der Waals surface area contributed by atoms with Crippen molar-refractivity contribution < 1.29 is 9.59 Å². The minimum Gasteiger partial charge on any atom is -0.353 e. The average Bonchev–Trinajstić information content (AvgIpc) is 3.18. The number of benzene rings is 1. The molecule has 0 saturated heterocycles. The number of hydrogen-bond acceptors (Lipinski definition) is 4. The maximum atomic E-state index is 12.6. The highest BCUT2D eigenvalue weighted by Gasteiger charge is 2.18. The molecule has 0 aromatic heterocycles. The van der Waals surface area contributed by atoms with Gasteiger partial charge in [-0.25, -0.2) is 4.79 Å². The monoisotopic (exact) mass is 385 g/mol. The van der Waals surface area contributed by atoms with E-state index in [4.69, 9.17) is 5.26 Å². The number of rotatable bonds is 9. The molecule has 2 N–H and O–H groups in total. The fourth-order valence-corrected chi connectivity index (χ4v) is 3.24. The van der Waals surface area contributed by atoms with E-state index < -0.39 is 0 Å². The van der Waals surface area contributed by atoms with E-state index >= 15 is 0 Å². The van der Waals surface area contributed by atoms with Crippen molar-refractivity contribution in [3.63, 3.8) is 0 Å². The lowest BCUT2D eigenvalue weighted by Crippen LogP contribution is -2.44. The largest absolute Gasteiger partial charge is 0.353 e. The Morgan fingerprint density at radius 1 is 1.14 bits per heavy atom. The Bertz CT molecular complexity index is 675. The highest BCUT2D eigenvalue weighted by molar-refractivity contribution is 5.78. The summed E-state index contributed by atoms with van der Waals surface area (Å²) in [5.74, 6) is -0.000802. The zero-order chi connectivity index (χ0) is 20.4. The molecule has 2 rings (SSSR count). The summed E-state index contributed by atoms with van der Waals surface area (Å²) in [6.07, 6.45) is 4.76. The van der Waals surface area contributed by atoms with E-state index in [1.54, 1.807) is 17.0 Å². The van der Waals surface area contributed by atoms with Crippen LogP contribution in [0.3, 0.4) is 0 Å². The van der Waals surface area contributed by atoms with Gasteiger partial charge in [-0.2, -0.15) is 5.26 Å². The van der Waals surface area contributed by atoms with E-state index in [0.717, 1.165) is 24.9 Å². The molecule has 1 aliphatic carbocycles. The molecule has 7 heteroatoms. The van der Waals surface area contributed by atoms with Gasteiger partial charge in [0.25, 0.3) is 0 Å². The van der Waals surface area contributed by atoms with E-state index in [-0.39, 0.29) is 11.9 Å². The van der Waals surface area contributed by atoms with Crippen LogP contribution >= 0.6 is 0 Å². The maximum Gasteiger partial charge on any atom is 0.317 e. The van der Waals surface area contributed by atoms with E-state index in [1.165, 1.54) is 12.8 Å². The molecular formula is C21H31N5O2. The molecule has 1 saturated carbocycles. The van der Waals surface area contributed by atoms with E-state index in [2.05, 4.69) is 16.7 Å². The lowest BCUT2D eigenvalue weighted by Gasteiger charge is -2.25. The molecule has 0 bridgehead atoms. The number of carbonyl (C=O) groups is 2. The number of nitrogens with one attached hydrogen (secondary N) is 2. The number of carbonyl (C=O) groups excluding carboxylic acids is 2. The second kappa shape index (κ2) is 11.3. The van der Waals surface area contributed by atoms with Crippen molar-refractivity contribution in [3.05, 3.63) is 35.4 Å². The molecule has 1 aliphatic rings. The molecular weight excluding hydrogens is 354 g/mol. The molecule has 1 aromatic carbocycles. The zero-order valence-corrected chi connectivity index (χ0v) is 16.9. The van der Waals surface area contributed by atoms with Gasteiger partial charge in [0.05, 0.1) is 11.6 Å². The lowest BCUT2D eigenvalue weighted by molar-refractivity contribution is -0.121. The maximum absolute atomic E-state index is 12.6. The van der Waals surface area contributed by atoms with Gasteiger partial charge in [-0.05, 0) is 44.6 Å². The first-order valence-corrected chi connectivity index (χ1v) is 9.94. The summed E-state index contributed by atoms with van der Waals surface area (Å²) in [5, 5.41) is 14.8. The van der Waals surface area contributed by atoms with Crippen LogP contribution in [0.2, 0.25) is 0 Å². The van der Waals surface area contributed by atoms with Crippen LogP contribution in [0.15, 0.2) is 24.3 Å². The van der Waals surface area contributed by atoms with Crippen molar-refractivity contribution in [2.24, 2.45) is 0 Å². The summed E-state index contributed by atoms with van der Waals surface area (Å²) < 4.78 is 0. The standard InChI is InChI=1S/C21H31N5O2/c1-25(2)13-14-26(16-18-9-7-17(15-22)8-10-18)21(28)23-12-11-20(27)24-19-5-3-4-6-19/h7-10,19H,3-6,11-14,16H2,1-2H3,(H,23,28)(H,24,27). The van der Waals surface area contributed by atoms with Gasteiger partial charge >= 0.3 is 6.03 Å². The van der Waals surface area contributed by atoms with Gasteiger partial charge in [0.2, 0.25) is 5.91 Å². The summed E-state index contributed by atoms with van der Waals surface area (Å²) >= 11 is 0. The van der Waals surface area contributed by atoms with Crippen LogP contribution < -0.4 is 10.6 Å². The Labute approximate surface area is 167 Å². The first kappa shape index (κ1) is 21.7. The normalized spacial score (nSPS) is 13.9. The molecule has 28 heavy (non-hydrogen) atoms. The number of hydrogen-bond donors (Lipinski definition) is 2. The molecule has 0 unspecified atom stereocenters. The molecule has 152 valence electrons. The topological polar surface area (TPSA) is 88.5 Å². The molecule has 0 aliphatic heterocycles. The number of nitriles is 1. The van der Waals surface area contributed by atoms with Gasteiger partial charge in [0.1, 0.15) is 0 Å². The summed E-state index contributed by atoms with van der Waals surface area (Å²) in [4.78, 5) is 28.4. The SMILES string of the molecule is CN(C)CCN(Cc1ccc(C#N)cc1)C(=O)NCCC(=O)NC1CCCC1. The second-order valence-electron chi connectivity index (χ2n) is 7.56. The molecule has 0 heterocycles. The van der Waals surface area contributed by atoms with Gasteiger partial charge in [-0.15, -0.1) is 0 Å². The van der Waals surface area contributed by atoms with Crippen LogP contribution in [0, 0.1) is 11.3 Å². The van der Waals surface area contributed by atoms with E-state index in [9.17, 15) is 9.59 Å². The Morgan fingerprint density at radius 2 is 1.82 bits per heavy atom. The van der Waals surface area contributed by atoms with Crippen LogP contribution in [0.1, 0.15) is 43.2 Å². The summed E-state index contributed by atoms with van der Waals surface area (Å²) in [6, 6.07) is 9.46. The first-order valence-electron chi connectivity index (χ1n) is 9.94. The van der Waals surface area contributed by atoms with Gasteiger partial charge in [-0.1, -0.05) is 25.0 Å². The molecule has 1 aromatic rings. The minimum atomic E-state index is -0.181. The minimum absolute atomic E-state index is 0.000802. The van der Waals surface area contributed by atoms with Crippen molar-refractivity contribution in [1.29, 1.82) is 5.26 Å². The van der Waals surface area contributed by atoms with Crippen molar-refractivity contribution >= 4 is 11.9 Å². The predicted octanol–water partition coefficient (Wildman–Crippen LogP) is 2.08. The van der Waals surface area contributed by atoms with Gasteiger partial charge in [0, 0.05) is 38.6 Å². The fourth-order valence-electron chi connectivity index (χ4n) is 3.24. The third kappa shape index (κ3) is 7.57. The van der Waals surface area contributed by atoms with Crippen molar-refractivity contribution in [1.82, 2.24) is 20.4 Å². The van der Waals surface area contributed by atoms with E-state index in [0.29, 0.717) is 37.7 Å². The van der Waals surface area contributed by atoms with Crippen molar-refractivity contribution in [2.45, 2.75) is 44.7 Å². The quantitative estimate of drug-likeness (QED) is 0.681. The summed E-state index contributed by atoms with van der Waals surface area (Å²) in [5.41, 5.74) is 1.56. The third-order valence-electron chi connectivity index (χ3n) is 4.91. The van der Waals surface area contributed by atoms with Gasteiger partial charge in [0.15, 0.2) is 0 Å². The smallest absolute Gasteiger partial charge is 0.317 e. The Balaban J connectivity index is 1.83. The summed E-state index contributed by atoms with van der Waals surface area (Å²) in [6.45, 7) is 2.10. The Morgan fingerprint density at radius 3 is 2.43 bits per heavy atom. The predicted molar refractivity (Wildman–Crippen MR) is 109 cm³/mol. The van der Waals surface area contributed by atoms with Gasteiger partial charge < -0.3 is 20.4 Å². The molecule has 0 atom stereocenters. The number of amides is 3. The van der Waals surface area contributed by atoms with Crippen LogP contribution in [0.5, 0.6) is 0 Å². The number of urea groups is 1. The van der Waals surface area contributed by atoms with Crippen LogP contribution in [-0.2, 0) is 11.3 Å². The first-order chi connectivity index (χ1) is 13.5. The average molecular weight is 386 g/mol. The number of nitrogens with zero attached hydrogens (tertiary/aromatic N) is 3.